The van der Waals surface area contributed by atoms with Crippen LogP contribution in [-0.4, -0.2) is 52.5 Å². The maximum atomic E-state index is 12.5. The number of nitrogens with zero attached hydrogens (tertiary/aromatic N) is 3. The zero-order valence-corrected chi connectivity index (χ0v) is 16.2. The van der Waals surface area contributed by atoms with E-state index in [1.165, 1.54) is 0 Å². The van der Waals surface area contributed by atoms with Crippen LogP contribution in [0.15, 0.2) is 18.5 Å². The van der Waals surface area contributed by atoms with Gasteiger partial charge in [0.25, 0.3) is 0 Å². The van der Waals surface area contributed by atoms with Gasteiger partial charge in [-0.2, -0.15) is 13.2 Å². The fraction of sp³-hybridized carbons (Fsp3) is 0.650. The largest absolute Gasteiger partial charge is 0.389 e. The smallest absolute Gasteiger partial charge is 0.343 e. The molecule has 1 aromatic rings. The molecule has 29 heavy (non-hydrogen) atoms. The van der Waals surface area contributed by atoms with Crippen LogP contribution in [0.4, 0.5) is 18.0 Å². The highest BCUT2D eigenvalue weighted by molar-refractivity contribution is 5.76. The first-order valence-corrected chi connectivity index (χ1v) is 10.0. The van der Waals surface area contributed by atoms with Gasteiger partial charge in [-0.05, 0) is 47.8 Å². The monoisotopic (exact) mass is 410 g/mol. The number of rotatable bonds is 4. The van der Waals surface area contributed by atoms with E-state index in [1.807, 2.05) is 6.07 Å². The number of alkyl halides is 3. The summed E-state index contributed by atoms with van der Waals surface area (Å²) in [6.45, 7) is 2.78. The number of fused-ring (bicyclic) bond motifs is 1. The number of hydrogen-bond acceptors (Lipinski definition) is 3. The molecule has 0 bridgehead atoms. The molecule has 1 saturated heterocycles. The molecular weight excluding hydrogens is 385 g/mol. The summed E-state index contributed by atoms with van der Waals surface area (Å²) in [4.78, 5) is 31.8. The molecule has 3 amide bonds. The predicted octanol–water partition coefficient (Wildman–Crippen LogP) is 3.08. The number of piperidine rings is 1. The molecule has 2 aliphatic heterocycles. The topological polar surface area (TPSA) is 65.5 Å². The SMILES string of the molecule is O=C(CCC(F)(F)F)N1CCC2(CC1)CC2CNC(=O)N1Cc2ccncc2C1. The standard InChI is InChI=1S/C20H25F3N4O2/c21-20(22,23)3-1-17(28)26-7-4-19(5-8-26)9-16(19)11-25-18(29)27-12-14-2-6-24-10-15(14)13-27/h2,6,10,16H,1,3-5,7-9,11-13H2,(H,25,29). The molecule has 1 spiro atoms. The zero-order valence-electron chi connectivity index (χ0n) is 16.2. The fourth-order valence-electron chi connectivity index (χ4n) is 4.63. The Morgan fingerprint density at radius 3 is 2.59 bits per heavy atom. The Bertz CT molecular complexity index is 765. The number of carbonyl (C=O) groups is 2. The quantitative estimate of drug-likeness (QED) is 0.830. The third-order valence-corrected chi connectivity index (χ3v) is 6.61. The van der Waals surface area contributed by atoms with Crippen LogP contribution in [0, 0.1) is 11.3 Å². The van der Waals surface area contributed by atoms with E-state index in [1.54, 1.807) is 22.2 Å². The number of aromatic nitrogens is 1. The van der Waals surface area contributed by atoms with Crippen molar-refractivity contribution in [3.05, 3.63) is 29.6 Å². The zero-order chi connectivity index (χ0) is 20.6. The average Bonchev–Trinajstić information content (AvgIpc) is 3.16. The van der Waals surface area contributed by atoms with Gasteiger partial charge in [0.05, 0.1) is 6.42 Å². The maximum Gasteiger partial charge on any atom is 0.389 e. The second-order valence-corrected chi connectivity index (χ2v) is 8.45. The molecule has 4 rings (SSSR count). The molecule has 0 radical (unpaired) electrons. The van der Waals surface area contributed by atoms with Crippen LogP contribution in [0.5, 0.6) is 0 Å². The van der Waals surface area contributed by atoms with Gasteiger partial charge >= 0.3 is 12.2 Å². The molecule has 2 fully saturated rings. The molecule has 1 aliphatic carbocycles. The Labute approximate surface area is 167 Å². The number of nitrogens with one attached hydrogen (secondary N) is 1. The molecule has 3 aliphatic rings. The van der Waals surface area contributed by atoms with Gasteiger partial charge in [-0.15, -0.1) is 0 Å². The predicted molar refractivity (Wildman–Crippen MR) is 98.5 cm³/mol. The van der Waals surface area contributed by atoms with E-state index in [4.69, 9.17) is 0 Å². The van der Waals surface area contributed by atoms with Gasteiger partial charge in [-0.3, -0.25) is 9.78 Å². The first-order valence-electron chi connectivity index (χ1n) is 10.0. The number of pyridine rings is 1. The number of hydrogen-bond donors (Lipinski definition) is 1. The summed E-state index contributed by atoms with van der Waals surface area (Å²) in [6, 6.07) is 1.85. The van der Waals surface area contributed by atoms with Crippen molar-refractivity contribution in [1.29, 1.82) is 0 Å². The molecule has 1 atom stereocenters. The number of halogens is 3. The van der Waals surface area contributed by atoms with Crippen LogP contribution in [0.1, 0.15) is 43.2 Å². The van der Waals surface area contributed by atoms with Gasteiger partial charge in [0, 0.05) is 51.5 Å². The lowest BCUT2D eigenvalue weighted by atomic mass is 9.90. The minimum Gasteiger partial charge on any atom is -0.343 e. The molecule has 1 aromatic heterocycles. The van der Waals surface area contributed by atoms with Gasteiger partial charge < -0.3 is 15.1 Å². The highest BCUT2D eigenvalue weighted by Gasteiger charge is 2.54. The summed E-state index contributed by atoms with van der Waals surface area (Å²) < 4.78 is 36.9. The van der Waals surface area contributed by atoms with E-state index in [0.717, 1.165) is 30.4 Å². The summed E-state index contributed by atoms with van der Waals surface area (Å²) in [7, 11) is 0. The van der Waals surface area contributed by atoms with Crippen molar-refractivity contribution in [2.24, 2.45) is 11.3 Å². The summed E-state index contributed by atoms with van der Waals surface area (Å²) in [5.74, 6) is -0.0312. The first kappa shape index (κ1) is 20.0. The van der Waals surface area contributed by atoms with Gasteiger partial charge in [0.15, 0.2) is 0 Å². The van der Waals surface area contributed by atoms with Crippen molar-refractivity contribution >= 4 is 11.9 Å². The Kier molecular flexibility index (Phi) is 5.16. The third-order valence-electron chi connectivity index (χ3n) is 6.61. The summed E-state index contributed by atoms with van der Waals surface area (Å²) in [6.07, 6.45) is 0.304. The lowest BCUT2D eigenvalue weighted by molar-refractivity contribution is -0.150. The minimum absolute atomic E-state index is 0.0805. The summed E-state index contributed by atoms with van der Waals surface area (Å²) in [5, 5.41) is 3.02. The number of urea groups is 1. The van der Waals surface area contributed by atoms with Crippen LogP contribution in [0.3, 0.4) is 0 Å². The first-order chi connectivity index (χ1) is 13.8. The van der Waals surface area contributed by atoms with Gasteiger partial charge in [0.1, 0.15) is 0 Å². The molecule has 0 aromatic carbocycles. The van der Waals surface area contributed by atoms with Crippen LogP contribution < -0.4 is 5.32 Å². The molecule has 6 nitrogen and oxygen atoms in total. The van der Waals surface area contributed by atoms with E-state index in [-0.39, 0.29) is 11.4 Å². The summed E-state index contributed by atoms with van der Waals surface area (Å²) >= 11 is 0. The second-order valence-electron chi connectivity index (χ2n) is 8.45. The lowest BCUT2D eigenvalue weighted by Crippen LogP contribution is -2.41. The number of amides is 3. The van der Waals surface area contributed by atoms with Crippen molar-refractivity contribution in [3.63, 3.8) is 0 Å². The highest BCUT2D eigenvalue weighted by atomic mass is 19.4. The average molecular weight is 410 g/mol. The Hall–Kier alpha value is -2.32. The third kappa shape index (κ3) is 4.48. The normalized spacial score (nSPS) is 22.5. The van der Waals surface area contributed by atoms with E-state index < -0.39 is 24.9 Å². The van der Waals surface area contributed by atoms with Crippen LogP contribution in [-0.2, 0) is 17.9 Å². The van der Waals surface area contributed by atoms with E-state index in [2.05, 4.69) is 10.3 Å². The minimum atomic E-state index is -4.29. The van der Waals surface area contributed by atoms with Crippen LogP contribution >= 0.6 is 0 Å². The van der Waals surface area contributed by atoms with E-state index in [9.17, 15) is 22.8 Å². The molecule has 3 heterocycles. The van der Waals surface area contributed by atoms with Gasteiger partial charge in [-0.25, -0.2) is 4.79 Å². The maximum absolute atomic E-state index is 12.5. The number of likely N-dealkylation sites (tertiary alicyclic amines) is 1. The lowest BCUT2D eigenvalue weighted by Gasteiger charge is -2.33. The Morgan fingerprint density at radius 2 is 1.90 bits per heavy atom. The fourth-order valence-corrected chi connectivity index (χ4v) is 4.63. The van der Waals surface area contributed by atoms with Crippen LogP contribution in [0.2, 0.25) is 0 Å². The molecular formula is C20H25F3N4O2. The van der Waals surface area contributed by atoms with E-state index in [0.29, 0.717) is 38.6 Å². The van der Waals surface area contributed by atoms with Crippen molar-refractivity contribution in [2.45, 2.75) is 51.4 Å². The van der Waals surface area contributed by atoms with Gasteiger partial charge in [-0.1, -0.05) is 0 Å². The second kappa shape index (κ2) is 7.50. The van der Waals surface area contributed by atoms with Crippen molar-refractivity contribution in [2.75, 3.05) is 19.6 Å². The Morgan fingerprint density at radius 1 is 1.17 bits per heavy atom. The van der Waals surface area contributed by atoms with Crippen molar-refractivity contribution < 1.29 is 22.8 Å². The molecule has 158 valence electrons. The van der Waals surface area contributed by atoms with Crippen molar-refractivity contribution in [3.8, 4) is 0 Å². The van der Waals surface area contributed by atoms with Crippen molar-refractivity contribution in [1.82, 2.24) is 20.1 Å². The number of carbonyl (C=O) groups excluding carboxylic acids is 2. The Balaban J connectivity index is 1.18. The molecule has 1 N–H and O–H groups in total. The molecule has 9 heteroatoms. The van der Waals surface area contributed by atoms with Crippen LogP contribution in [0.25, 0.3) is 0 Å². The van der Waals surface area contributed by atoms with Gasteiger partial charge in [0.2, 0.25) is 5.91 Å². The highest BCUT2D eigenvalue weighted by Crippen LogP contribution is 2.59. The van der Waals surface area contributed by atoms with E-state index >= 15 is 0 Å². The molecule has 1 unspecified atom stereocenters. The summed E-state index contributed by atoms with van der Waals surface area (Å²) in [5.41, 5.74) is 2.33. The molecule has 1 saturated carbocycles.